The van der Waals surface area contributed by atoms with Crippen LogP contribution in [0.1, 0.15) is 34.0 Å². The largest absolute Gasteiger partial charge is 0.392 e. The van der Waals surface area contributed by atoms with E-state index in [2.05, 4.69) is 29.0 Å². The van der Waals surface area contributed by atoms with Crippen LogP contribution in [0.2, 0.25) is 0 Å². The summed E-state index contributed by atoms with van der Waals surface area (Å²) in [5.41, 5.74) is 1.04. The number of hydrogen-bond donors (Lipinski definition) is 4. The molecule has 2 rings (SSSR count). The molecule has 172 valence electrons. The van der Waals surface area contributed by atoms with Gasteiger partial charge in [0, 0.05) is 23.8 Å². The van der Waals surface area contributed by atoms with Gasteiger partial charge < -0.3 is 15.2 Å². The molecule has 0 spiro atoms. The molecule has 0 aromatic heterocycles. The van der Waals surface area contributed by atoms with Crippen molar-refractivity contribution in [2.45, 2.75) is 31.6 Å². The van der Waals surface area contributed by atoms with Crippen LogP contribution in [-0.4, -0.2) is 47.3 Å². The molecule has 0 aliphatic heterocycles. The molecule has 2 unspecified atom stereocenters. The number of aliphatic hydroxyl groups is 1. The van der Waals surface area contributed by atoms with Gasteiger partial charge in [0.25, 0.3) is 18.2 Å². The number of nitrogens with one attached hydrogen (secondary N) is 2. The van der Waals surface area contributed by atoms with Crippen molar-refractivity contribution in [2.24, 2.45) is 0 Å². The number of hydrogen-bond acceptors (Lipinski definition) is 5. The highest BCUT2D eigenvalue weighted by Gasteiger charge is 2.48. The van der Waals surface area contributed by atoms with E-state index in [1.165, 1.54) is 29.7 Å². The third-order valence-corrected chi connectivity index (χ3v) is 4.85. The number of aliphatic hydroxyl groups excluding tert-OH is 1. The van der Waals surface area contributed by atoms with Crippen molar-refractivity contribution in [3.63, 3.8) is 0 Å². The van der Waals surface area contributed by atoms with Gasteiger partial charge in [-0.05, 0) is 60.7 Å². The second-order valence-corrected chi connectivity index (χ2v) is 7.00. The van der Waals surface area contributed by atoms with Gasteiger partial charge in [-0.15, -0.1) is 0 Å². The molecule has 0 radical (unpaired) electrons. The molecule has 0 aliphatic rings. The Morgan fingerprint density at radius 3 is 1.97 bits per heavy atom. The Kier molecular flexibility index (Phi) is 9.08. The number of carbonyl (C=O) groups excluding carboxylic acids is 2. The van der Waals surface area contributed by atoms with E-state index < -0.39 is 29.9 Å². The number of ether oxygens (including phenoxy) is 1. The van der Waals surface area contributed by atoms with Crippen LogP contribution in [0.4, 0.5) is 8.78 Å². The molecule has 0 saturated carbocycles. The molecule has 0 bridgehead atoms. The number of carbonyl (C=O) groups is 2. The average molecular weight is 456 g/mol. The molecule has 2 amide bonds. The summed E-state index contributed by atoms with van der Waals surface area (Å²) in [6.45, 7) is 0.896. The van der Waals surface area contributed by atoms with E-state index in [0.29, 0.717) is 5.56 Å². The molecule has 7 nitrogen and oxygen atoms in total. The number of alkyl halides is 2. The number of rotatable bonds is 7. The third-order valence-electron chi connectivity index (χ3n) is 4.85. The fourth-order valence-electron chi connectivity index (χ4n) is 2.69. The van der Waals surface area contributed by atoms with Gasteiger partial charge in [-0.2, -0.15) is 0 Å². The lowest BCUT2D eigenvalue weighted by molar-refractivity contribution is -0.157. The van der Waals surface area contributed by atoms with Gasteiger partial charge in [-0.3, -0.25) is 14.8 Å². The third kappa shape index (κ3) is 6.61. The molecule has 4 N–H and O–H groups in total. The monoisotopic (exact) mass is 456 g/mol. The number of amides is 2. The molecule has 2 aromatic carbocycles. The first-order chi connectivity index (χ1) is 15.7. The summed E-state index contributed by atoms with van der Waals surface area (Å²) in [6.07, 6.45) is -3.13. The Labute approximate surface area is 189 Å². The smallest absolute Gasteiger partial charge is 0.269 e. The average Bonchev–Trinajstić information content (AvgIpc) is 2.84. The maximum absolute atomic E-state index is 13.5. The van der Waals surface area contributed by atoms with Crippen molar-refractivity contribution >= 4 is 11.8 Å². The zero-order chi connectivity index (χ0) is 24.4. The van der Waals surface area contributed by atoms with Crippen LogP contribution in [-0.2, 0) is 16.1 Å². The predicted molar refractivity (Wildman–Crippen MR) is 115 cm³/mol. The summed E-state index contributed by atoms with van der Waals surface area (Å²) in [7, 11) is 0.969. The lowest BCUT2D eigenvalue weighted by Gasteiger charge is -2.34. The summed E-state index contributed by atoms with van der Waals surface area (Å²) in [4.78, 5) is 24.4. The van der Waals surface area contributed by atoms with Crippen LogP contribution in [0.5, 0.6) is 0 Å². The Morgan fingerprint density at radius 1 is 1.03 bits per heavy atom. The minimum absolute atomic E-state index is 0.0469. The Hall–Kier alpha value is -3.76. The minimum Gasteiger partial charge on any atom is -0.392 e. The Balaban J connectivity index is 2.11. The molecule has 0 fully saturated rings. The second-order valence-electron chi connectivity index (χ2n) is 7.00. The highest BCUT2D eigenvalue weighted by molar-refractivity contribution is 5.97. The van der Waals surface area contributed by atoms with Crippen LogP contribution in [0.3, 0.4) is 0 Å². The van der Waals surface area contributed by atoms with E-state index in [0.717, 1.165) is 25.2 Å². The summed E-state index contributed by atoms with van der Waals surface area (Å²) < 4.78 is 31.7. The number of halogens is 2. The maximum atomic E-state index is 13.5. The van der Waals surface area contributed by atoms with E-state index >= 15 is 0 Å². The van der Waals surface area contributed by atoms with Crippen LogP contribution >= 0.6 is 0 Å². The van der Waals surface area contributed by atoms with Crippen LogP contribution in [0.15, 0.2) is 48.5 Å². The van der Waals surface area contributed by atoms with Gasteiger partial charge in [0.2, 0.25) is 0 Å². The van der Waals surface area contributed by atoms with Crippen molar-refractivity contribution < 1.29 is 33.4 Å². The first kappa shape index (κ1) is 25.5. The predicted octanol–water partition coefficient (Wildman–Crippen LogP) is 1.86. The molecule has 2 aromatic rings. The molecular formula is C24H22F2N2O5. The second kappa shape index (κ2) is 11.7. The standard InChI is InChI=1S/C24H22F2N2O5/c1-24(33-2,23(25)26)20(22(31)28-32)27-21(30)19-13-11-17(12-14-19)6-4-3-5-16-7-9-18(15-29)10-8-16/h7-14,20,23,29,32H,15H2,1-2H3,(H,27,30)(H,28,31). The zero-order valence-electron chi connectivity index (χ0n) is 17.9. The number of benzene rings is 2. The van der Waals surface area contributed by atoms with Crippen LogP contribution in [0, 0.1) is 23.7 Å². The highest BCUT2D eigenvalue weighted by atomic mass is 19.3. The van der Waals surface area contributed by atoms with Gasteiger partial charge >= 0.3 is 0 Å². The maximum Gasteiger partial charge on any atom is 0.269 e. The van der Waals surface area contributed by atoms with Gasteiger partial charge in [0.15, 0.2) is 5.60 Å². The highest BCUT2D eigenvalue weighted by Crippen LogP contribution is 2.24. The summed E-state index contributed by atoms with van der Waals surface area (Å²) in [6, 6.07) is 11.1. The Bertz CT molecular complexity index is 1100. The van der Waals surface area contributed by atoms with Crippen molar-refractivity contribution in [3.8, 4) is 23.7 Å². The molecule has 0 saturated heterocycles. The van der Waals surface area contributed by atoms with E-state index in [9.17, 15) is 18.4 Å². The van der Waals surface area contributed by atoms with E-state index in [-0.39, 0.29) is 12.2 Å². The molecule has 2 atom stereocenters. The zero-order valence-corrected chi connectivity index (χ0v) is 17.9. The molecule has 0 heterocycles. The van der Waals surface area contributed by atoms with Gasteiger partial charge in [-0.1, -0.05) is 24.0 Å². The fourth-order valence-corrected chi connectivity index (χ4v) is 2.69. The van der Waals surface area contributed by atoms with E-state index in [1.807, 2.05) is 0 Å². The molecule has 0 aliphatic carbocycles. The SMILES string of the molecule is COC(C)(C(F)F)C(NC(=O)c1ccc(C#CC#Cc2ccc(CO)cc2)cc1)C(=O)NO. The van der Waals surface area contributed by atoms with Crippen LogP contribution in [0.25, 0.3) is 0 Å². The van der Waals surface area contributed by atoms with Gasteiger partial charge in [-0.25, -0.2) is 14.3 Å². The van der Waals surface area contributed by atoms with E-state index in [4.69, 9.17) is 15.1 Å². The normalized spacial score (nSPS) is 12.9. The number of methoxy groups -OCH3 is 1. The van der Waals surface area contributed by atoms with Gasteiger partial charge in [0.1, 0.15) is 6.04 Å². The Morgan fingerprint density at radius 2 is 1.55 bits per heavy atom. The van der Waals surface area contributed by atoms with Crippen molar-refractivity contribution in [2.75, 3.05) is 7.11 Å². The quantitative estimate of drug-likeness (QED) is 0.289. The lowest BCUT2D eigenvalue weighted by atomic mass is 9.95. The molecular weight excluding hydrogens is 434 g/mol. The van der Waals surface area contributed by atoms with E-state index in [1.54, 1.807) is 24.3 Å². The first-order valence-electron chi connectivity index (χ1n) is 9.65. The van der Waals surface area contributed by atoms with Crippen LogP contribution < -0.4 is 10.8 Å². The first-order valence-corrected chi connectivity index (χ1v) is 9.65. The summed E-state index contributed by atoms with van der Waals surface area (Å²) in [5.74, 6) is 8.98. The number of hydroxylamine groups is 1. The topological polar surface area (TPSA) is 108 Å². The van der Waals surface area contributed by atoms with Gasteiger partial charge in [0.05, 0.1) is 6.61 Å². The fraction of sp³-hybridized carbons (Fsp3) is 0.250. The summed E-state index contributed by atoms with van der Waals surface area (Å²) in [5, 5.41) is 20.1. The van der Waals surface area contributed by atoms with Crippen molar-refractivity contribution in [1.29, 1.82) is 0 Å². The van der Waals surface area contributed by atoms with Crippen molar-refractivity contribution in [3.05, 3.63) is 70.8 Å². The molecule has 33 heavy (non-hydrogen) atoms. The van der Waals surface area contributed by atoms with Crippen molar-refractivity contribution in [1.82, 2.24) is 10.8 Å². The lowest BCUT2D eigenvalue weighted by Crippen LogP contribution is -2.62. The minimum atomic E-state index is -3.13. The molecule has 9 heteroatoms. The summed E-state index contributed by atoms with van der Waals surface area (Å²) >= 11 is 0.